The molecule has 162 valence electrons. The van der Waals surface area contributed by atoms with Crippen molar-refractivity contribution < 1.29 is 13.9 Å². The van der Waals surface area contributed by atoms with Crippen molar-refractivity contribution in [3.8, 4) is 11.8 Å². The summed E-state index contributed by atoms with van der Waals surface area (Å²) in [5.74, 6) is 1.52. The highest BCUT2D eigenvalue weighted by molar-refractivity contribution is 6.30. The van der Waals surface area contributed by atoms with Gasteiger partial charge in [-0.05, 0) is 48.0 Å². The number of anilines is 1. The van der Waals surface area contributed by atoms with Crippen LogP contribution in [0.2, 0.25) is 5.02 Å². The van der Waals surface area contributed by atoms with Crippen molar-refractivity contribution in [2.75, 3.05) is 38.2 Å². The molecule has 0 bridgehead atoms. The Morgan fingerprint density at radius 2 is 1.78 bits per heavy atom. The first-order chi connectivity index (χ1) is 15.6. The van der Waals surface area contributed by atoms with Crippen molar-refractivity contribution in [2.45, 2.75) is 0 Å². The molecule has 2 aromatic carbocycles. The normalized spacial score (nSPS) is 13.9. The summed E-state index contributed by atoms with van der Waals surface area (Å²) in [6.45, 7) is 2.13. The number of nitriles is 1. The molecule has 0 spiro atoms. The third-order valence-electron chi connectivity index (χ3n) is 5.21. The third-order valence-corrected chi connectivity index (χ3v) is 5.46. The molecule has 4 rings (SSSR count). The second-order valence-electron chi connectivity index (χ2n) is 7.21. The fourth-order valence-electron chi connectivity index (χ4n) is 3.46. The Bertz CT molecular complexity index is 1160. The lowest BCUT2D eigenvalue weighted by molar-refractivity contribution is 0.0745. The summed E-state index contributed by atoms with van der Waals surface area (Å²) in [6, 6.07) is 16.5. The minimum absolute atomic E-state index is 0.0393. The molecule has 32 heavy (non-hydrogen) atoms. The molecule has 1 aliphatic rings. The lowest BCUT2D eigenvalue weighted by Crippen LogP contribution is -2.48. The quantitative estimate of drug-likeness (QED) is 0.577. The molecular formula is C24H21ClN4O3. The van der Waals surface area contributed by atoms with E-state index in [2.05, 4.69) is 11.1 Å². The smallest absolute Gasteiger partial charge is 0.253 e. The largest absolute Gasteiger partial charge is 0.497 e. The van der Waals surface area contributed by atoms with Gasteiger partial charge in [-0.2, -0.15) is 10.2 Å². The van der Waals surface area contributed by atoms with Gasteiger partial charge in [-0.3, -0.25) is 4.79 Å². The van der Waals surface area contributed by atoms with Gasteiger partial charge in [0, 0.05) is 42.8 Å². The highest BCUT2D eigenvalue weighted by atomic mass is 35.5. The van der Waals surface area contributed by atoms with Gasteiger partial charge in [0.2, 0.25) is 17.5 Å². The van der Waals surface area contributed by atoms with E-state index in [4.69, 9.17) is 20.8 Å². The summed E-state index contributed by atoms with van der Waals surface area (Å²) in [6.07, 6.45) is 3.59. The number of nitrogens with zero attached hydrogens (tertiary/aromatic N) is 4. The van der Waals surface area contributed by atoms with Gasteiger partial charge in [0.05, 0.1) is 7.11 Å². The van der Waals surface area contributed by atoms with Gasteiger partial charge in [0.15, 0.2) is 0 Å². The maximum absolute atomic E-state index is 12.7. The first-order valence-corrected chi connectivity index (χ1v) is 10.5. The number of hydrogen-bond acceptors (Lipinski definition) is 6. The maximum atomic E-state index is 12.7. The van der Waals surface area contributed by atoms with E-state index in [-0.39, 0.29) is 11.6 Å². The van der Waals surface area contributed by atoms with E-state index in [1.165, 1.54) is 0 Å². The van der Waals surface area contributed by atoms with Crippen molar-refractivity contribution >= 4 is 35.5 Å². The number of oxazole rings is 1. The Kier molecular flexibility index (Phi) is 6.43. The van der Waals surface area contributed by atoms with Crippen LogP contribution < -0.4 is 9.64 Å². The molecule has 1 amide bonds. The number of halogens is 1. The molecule has 0 N–H and O–H groups in total. The summed E-state index contributed by atoms with van der Waals surface area (Å²) in [5, 5.41) is 10.1. The van der Waals surface area contributed by atoms with Crippen molar-refractivity contribution in [3.63, 3.8) is 0 Å². The second kappa shape index (κ2) is 9.58. The van der Waals surface area contributed by atoms with Crippen molar-refractivity contribution in [1.29, 1.82) is 5.26 Å². The first kappa shape index (κ1) is 21.5. The predicted octanol–water partition coefficient (Wildman–Crippen LogP) is 4.34. The van der Waals surface area contributed by atoms with Gasteiger partial charge in [-0.15, -0.1) is 0 Å². The molecule has 1 aromatic heterocycles. The van der Waals surface area contributed by atoms with Gasteiger partial charge < -0.3 is 19.0 Å². The average molecular weight is 449 g/mol. The van der Waals surface area contributed by atoms with E-state index in [0.29, 0.717) is 48.5 Å². The Morgan fingerprint density at radius 1 is 1.09 bits per heavy atom. The van der Waals surface area contributed by atoms with Crippen LogP contribution in [0, 0.1) is 11.3 Å². The number of ether oxygens (including phenoxy) is 1. The molecule has 0 atom stereocenters. The first-order valence-electron chi connectivity index (χ1n) is 10.1. The zero-order valence-electron chi connectivity index (χ0n) is 17.5. The van der Waals surface area contributed by atoms with Crippen LogP contribution in [-0.2, 0) is 0 Å². The van der Waals surface area contributed by atoms with E-state index < -0.39 is 0 Å². The second-order valence-corrected chi connectivity index (χ2v) is 7.65. The average Bonchev–Trinajstić information content (AvgIpc) is 3.26. The maximum Gasteiger partial charge on any atom is 0.253 e. The van der Waals surface area contributed by atoms with Gasteiger partial charge in [-0.1, -0.05) is 23.7 Å². The Balaban J connectivity index is 1.42. The van der Waals surface area contributed by atoms with Crippen LogP contribution in [0.15, 0.2) is 52.9 Å². The number of carbonyl (C=O) groups is 1. The Morgan fingerprint density at radius 3 is 2.41 bits per heavy atom. The summed E-state index contributed by atoms with van der Waals surface area (Å²) < 4.78 is 11.0. The summed E-state index contributed by atoms with van der Waals surface area (Å²) in [7, 11) is 1.62. The van der Waals surface area contributed by atoms with Crippen LogP contribution in [0.1, 0.15) is 27.5 Å². The molecule has 0 aliphatic carbocycles. The van der Waals surface area contributed by atoms with Crippen molar-refractivity contribution in [2.24, 2.45) is 0 Å². The molecule has 1 fully saturated rings. The Hall–Kier alpha value is -3.76. The number of rotatable bonds is 5. The summed E-state index contributed by atoms with van der Waals surface area (Å²) >= 11 is 5.91. The molecule has 0 saturated carbocycles. The molecule has 0 radical (unpaired) electrons. The lowest BCUT2D eigenvalue weighted by atomic mass is 10.2. The van der Waals surface area contributed by atoms with Crippen LogP contribution in [0.5, 0.6) is 5.75 Å². The monoisotopic (exact) mass is 448 g/mol. The molecule has 0 unspecified atom stereocenters. The fraction of sp³-hybridized carbons (Fsp3) is 0.208. The summed E-state index contributed by atoms with van der Waals surface area (Å²) in [5.41, 5.74) is 1.79. The molecule has 8 heteroatoms. The molecule has 3 aromatic rings. The van der Waals surface area contributed by atoms with Crippen LogP contribution in [-0.4, -0.2) is 49.1 Å². The predicted molar refractivity (Wildman–Crippen MR) is 123 cm³/mol. The molecule has 2 heterocycles. The zero-order valence-corrected chi connectivity index (χ0v) is 18.2. The van der Waals surface area contributed by atoms with E-state index in [1.54, 1.807) is 42.4 Å². The highest BCUT2D eigenvalue weighted by Gasteiger charge is 2.26. The zero-order chi connectivity index (χ0) is 22.5. The number of carbonyl (C=O) groups excluding carboxylic acids is 1. The molecule has 1 aliphatic heterocycles. The van der Waals surface area contributed by atoms with E-state index >= 15 is 0 Å². The number of benzene rings is 2. The van der Waals surface area contributed by atoms with Crippen LogP contribution >= 0.6 is 11.6 Å². The lowest BCUT2D eigenvalue weighted by Gasteiger charge is -2.34. The van der Waals surface area contributed by atoms with Gasteiger partial charge in [0.25, 0.3) is 5.91 Å². The van der Waals surface area contributed by atoms with E-state index in [1.807, 2.05) is 35.2 Å². The van der Waals surface area contributed by atoms with Gasteiger partial charge in [-0.25, -0.2) is 0 Å². The van der Waals surface area contributed by atoms with E-state index in [0.717, 1.165) is 11.3 Å². The number of hydrogen-bond donors (Lipinski definition) is 0. The summed E-state index contributed by atoms with van der Waals surface area (Å²) in [4.78, 5) is 20.7. The number of piperazine rings is 1. The van der Waals surface area contributed by atoms with Crippen molar-refractivity contribution in [3.05, 3.63) is 76.3 Å². The van der Waals surface area contributed by atoms with Gasteiger partial charge >= 0.3 is 0 Å². The molecular weight excluding hydrogens is 428 g/mol. The van der Waals surface area contributed by atoms with Gasteiger partial charge in [0.1, 0.15) is 11.8 Å². The molecule has 7 nitrogen and oxygen atoms in total. The van der Waals surface area contributed by atoms with Crippen LogP contribution in [0.4, 0.5) is 5.88 Å². The van der Waals surface area contributed by atoms with Crippen LogP contribution in [0.3, 0.4) is 0 Å². The number of methoxy groups -OCH3 is 1. The standard InChI is InChI=1S/C24H21ClN4O3/c1-31-20-9-2-17(3-10-20)4-11-22-27-21(16-26)24(32-22)29-14-12-28(13-15-29)23(30)18-5-7-19(25)8-6-18/h2-11H,12-15H2,1H3/b11-4+. The highest BCUT2D eigenvalue weighted by Crippen LogP contribution is 2.25. The topological polar surface area (TPSA) is 82.6 Å². The Labute approximate surface area is 191 Å². The van der Waals surface area contributed by atoms with Crippen LogP contribution in [0.25, 0.3) is 12.2 Å². The van der Waals surface area contributed by atoms with Crippen molar-refractivity contribution in [1.82, 2.24) is 9.88 Å². The molecule has 1 saturated heterocycles. The van der Waals surface area contributed by atoms with E-state index in [9.17, 15) is 10.1 Å². The minimum Gasteiger partial charge on any atom is -0.497 e. The number of aromatic nitrogens is 1. The minimum atomic E-state index is -0.0393. The third kappa shape index (κ3) is 4.76. The number of amides is 1. The SMILES string of the molecule is COc1ccc(/C=C/c2nc(C#N)c(N3CCN(C(=O)c4ccc(Cl)cc4)CC3)o2)cc1. The fourth-order valence-corrected chi connectivity index (χ4v) is 3.58.